The van der Waals surface area contributed by atoms with Crippen LogP contribution in [-0.2, 0) is 9.53 Å². The number of carboxylic acids is 1. The lowest BCUT2D eigenvalue weighted by atomic mass is 10.1. The van der Waals surface area contributed by atoms with Crippen molar-refractivity contribution >= 4 is 11.9 Å². The Balaban J connectivity index is 2.09. The first-order valence-corrected chi connectivity index (χ1v) is 6.91. The van der Waals surface area contributed by atoms with Gasteiger partial charge in [0.15, 0.2) is 6.10 Å². The molecule has 0 spiro atoms. The van der Waals surface area contributed by atoms with Crippen molar-refractivity contribution in [2.75, 3.05) is 19.7 Å². The number of benzene rings is 1. The molecule has 1 aromatic carbocycles. The monoisotopic (exact) mass is 293 g/mol. The Kier molecular flexibility index (Phi) is 4.80. The van der Waals surface area contributed by atoms with E-state index in [1.807, 2.05) is 6.92 Å². The van der Waals surface area contributed by atoms with Gasteiger partial charge in [0, 0.05) is 12.1 Å². The van der Waals surface area contributed by atoms with Gasteiger partial charge in [0.1, 0.15) is 5.75 Å². The number of carboxylic acid groups (broad SMARTS) is 1. The van der Waals surface area contributed by atoms with E-state index in [-0.39, 0.29) is 18.6 Å². The van der Waals surface area contributed by atoms with E-state index in [1.165, 1.54) is 4.90 Å². The van der Waals surface area contributed by atoms with Crippen molar-refractivity contribution in [1.29, 1.82) is 0 Å². The van der Waals surface area contributed by atoms with E-state index in [0.717, 1.165) is 0 Å². The first-order chi connectivity index (χ1) is 10.0. The molecular weight excluding hydrogens is 274 g/mol. The summed E-state index contributed by atoms with van der Waals surface area (Å²) in [6, 6.07) is 6.83. The molecule has 1 heterocycles. The summed E-state index contributed by atoms with van der Waals surface area (Å²) in [4.78, 5) is 25.0. The predicted octanol–water partition coefficient (Wildman–Crippen LogP) is 1.40. The van der Waals surface area contributed by atoms with Crippen molar-refractivity contribution in [3.05, 3.63) is 29.8 Å². The molecule has 6 heteroatoms. The van der Waals surface area contributed by atoms with Crippen molar-refractivity contribution in [1.82, 2.24) is 4.90 Å². The van der Waals surface area contributed by atoms with Crippen molar-refractivity contribution in [2.45, 2.75) is 26.1 Å². The van der Waals surface area contributed by atoms with Gasteiger partial charge in [-0.05, 0) is 38.1 Å². The standard InChI is InChI=1S/C15H19NO5/c1-3-20-12-6-4-11(5-7-12)14(17)16-8-10(2)21-13(9-16)15(18)19/h4-7,10,13H,3,8-9H2,1-2H3,(H,18,19)/t10-,13?/m1/s1. The third-order valence-corrected chi connectivity index (χ3v) is 3.24. The summed E-state index contributed by atoms with van der Waals surface area (Å²) in [6.07, 6.45) is -1.27. The number of hydrogen-bond acceptors (Lipinski definition) is 4. The lowest BCUT2D eigenvalue weighted by molar-refractivity contribution is -0.160. The van der Waals surface area contributed by atoms with Crippen LogP contribution < -0.4 is 4.74 Å². The SMILES string of the molecule is CCOc1ccc(C(=O)N2CC(C(=O)O)O[C@H](C)C2)cc1. The fourth-order valence-electron chi connectivity index (χ4n) is 2.30. The van der Waals surface area contributed by atoms with Crippen molar-refractivity contribution in [3.63, 3.8) is 0 Å². The molecule has 1 aliphatic heterocycles. The molecule has 1 N–H and O–H groups in total. The molecule has 21 heavy (non-hydrogen) atoms. The van der Waals surface area contributed by atoms with Gasteiger partial charge in [-0.1, -0.05) is 0 Å². The fraction of sp³-hybridized carbons (Fsp3) is 0.467. The van der Waals surface area contributed by atoms with Crippen LogP contribution in [0.2, 0.25) is 0 Å². The van der Waals surface area contributed by atoms with Gasteiger partial charge in [-0.2, -0.15) is 0 Å². The van der Waals surface area contributed by atoms with E-state index >= 15 is 0 Å². The van der Waals surface area contributed by atoms with Gasteiger partial charge in [0.2, 0.25) is 0 Å². The lowest BCUT2D eigenvalue weighted by Crippen LogP contribution is -2.51. The molecule has 1 unspecified atom stereocenters. The van der Waals surface area contributed by atoms with Crippen LogP contribution in [-0.4, -0.2) is 53.8 Å². The average Bonchev–Trinajstić information content (AvgIpc) is 2.47. The number of ether oxygens (including phenoxy) is 2. The van der Waals surface area contributed by atoms with Crippen molar-refractivity contribution < 1.29 is 24.2 Å². The summed E-state index contributed by atoms with van der Waals surface area (Å²) in [5.74, 6) is -0.543. The molecule has 2 atom stereocenters. The molecule has 0 bridgehead atoms. The minimum absolute atomic E-state index is 0.0612. The maximum absolute atomic E-state index is 12.4. The van der Waals surface area contributed by atoms with Crippen LogP contribution in [0.3, 0.4) is 0 Å². The minimum atomic E-state index is -1.05. The molecule has 0 aromatic heterocycles. The number of carbonyl (C=O) groups is 2. The molecule has 2 rings (SSSR count). The maximum atomic E-state index is 12.4. The third-order valence-electron chi connectivity index (χ3n) is 3.24. The highest BCUT2D eigenvalue weighted by Gasteiger charge is 2.32. The number of morpholine rings is 1. The topological polar surface area (TPSA) is 76.1 Å². The summed E-state index contributed by atoms with van der Waals surface area (Å²) >= 11 is 0. The van der Waals surface area contributed by atoms with Gasteiger partial charge in [-0.25, -0.2) is 4.79 Å². The predicted molar refractivity (Wildman–Crippen MR) is 75.5 cm³/mol. The molecule has 1 saturated heterocycles. The van der Waals surface area contributed by atoms with Crippen LogP contribution in [0.4, 0.5) is 0 Å². The van der Waals surface area contributed by atoms with Crippen LogP contribution in [0.25, 0.3) is 0 Å². The second kappa shape index (κ2) is 6.58. The number of nitrogens with zero attached hydrogens (tertiary/aromatic N) is 1. The molecule has 1 amide bonds. The maximum Gasteiger partial charge on any atom is 0.334 e. The number of aliphatic carboxylic acids is 1. The third kappa shape index (κ3) is 3.72. The van der Waals surface area contributed by atoms with Gasteiger partial charge < -0.3 is 19.5 Å². The highest BCUT2D eigenvalue weighted by Crippen LogP contribution is 2.17. The lowest BCUT2D eigenvalue weighted by Gasteiger charge is -2.35. The first-order valence-electron chi connectivity index (χ1n) is 6.91. The Morgan fingerprint density at radius 2 is 2.00 bits per heavy atom. The Bertz CT molecular complexity index is 513. The van der Waals surface area contributed by atoms with Crippen LogP contribution in [0.15, 0.2) is 24.3 Å². The summed E-state index contributed by atoms with van der Waals surface area (Å²) in [6.45, 7) is 4.66. The van der Waals surface area contributed by atoms with Crippen LogP contribution in [0.5, 0.6) is 5.75 Å². The first kappa shape index (κ1) is 15.3. The Labute approximate surface area is 123 Å². The van der Waals surface area contributed by atoms with Gasteiger partial charge in [0.05, 0.1) is 19.3 Å². The quantitative estimate of drug-likeness (QED) is 0.908. The molecule has 1 aromatic rings. The van der Waals surface area contributed by atoms with E-state index in [2.05, 4.69) is 0 Å². The van der Waals surface area contributed by atoms with Crippen LogP contribution >= 0.6 is 0 Å². The smallest absolute Gasteiger partial charge is 0.334 e. The average molecular weight is 293 g/mol. The van der Waals surface area contributed by atoms with Crippen LogP contribution in [0, 0.1) is 0 Å². The highest BCUT2D eigenvalue weighted by atomic mass is 16.5. The van der Waals surface area contributed by atoms with E-state index < -0.39 is 12.1 Å². The Hall–Kier alpha value is -2.08. The zero-order valence-electron chi connectivity index (χ0n) is 12.1. The number of rotatable bonds is 4. The van der Waals surface area contributed by atoms with Crippen molar-refractivity contribution in [3.8, 4) is 5.75 Å². The Morgan fingerprint density at radius 3 is 2.57 bits per heavy atom. The molecule has 114 valence electrons. The molecule has 0 aliphatic carbocycles. The second-order valence-corrected chi connectivity index (χ2v) is 4.94. The van der Waals surface area contributed by atoms with Gasteiger partial charge in [-0.15, -0.1) is 0 Å². The molecule has 0 saturated carbocycles. The summed E-state index contributed by atoms with van der Waals surface area (Å²) in [5.41, 5.74) is 0.511. The van der Waals surface area contributed by atoms with E-state index in [0.29, 0.717) is 24.5 Å². The van der Waals surface area contributed by atoms with Crippen LogP contribution in [0.1, 0.15) is 24.2 Å². The minimum Gasteiger partial charge on any atom is -0.494 e. The summed E-state index contributed by atoms with van der Waals surface area (Å²) in [7, 11) is 0. The number of carbonyl (C=O) groups excluding carboxylic acids is 1. The summed E-state index contributed by atoms with van der Waals surface area (Å²) in [5, 5.41) is 9.04. The zero-order chi connectivity index (χ0) is 15.4. The molecule has 0 radical (unpaired) electrons. The Morgan fingerprint density at radius 1 is 1.33 bits per heavy atom. The largest absolute Gasteiger partial charge is 0.494 e. The van der Waals surface area contributed by atoms with E-state index in [1.54, 1.807) is 31.2 Å². The normalized spacial score (nSPS) is 21.9. The highest BCUT2D eigenvalue weighted by molar-refractivity contribution is 5.94. The summed E-state index contributed by atoms with van der Waals surface area (Å²) < 4.78 is 10.6. The van der Waals surface area contributed by atoms with E-state index in [9.17, 15) is 9.59 Å². The van der Waals surface area contributed by atoms with Gasteiger partial charge in [0.25, 0.3) is 5.91 Å². The fourth-order valence-corrected chi connectivity index (χ4v) is 2.30. The van der Waals surface area contributed by atoms with Gasteiger partial charge in [-0.3, -0.25) is 4.79 Å². The zero-order valence-corrected chi connectivity index (χ0v) is 12.1. The number of amides is 1. The number of hydrogen-bond donors (Lipinski definition) is 1. The molecular formula is C15H19NO5. The van der Waals surface area contributed by atoms with Gasteiger partial charge >= 0.3 is 5.97 Å². The van der Waals surface area contributed by atoms with E-state index in [4.69, 9.17) is 14.6 Å². The molecule has 1 fully saturated rings. The molecule has 1 aliphatic rings. The van der Waals surface area contributed by atoms with Crippen molar-refractivity contribution in [2.24, 2.45) is 0 Å². The second-order valence-electron chi connectivity index (χ2n) is 4.94. The molecule has 6 nitrogen and oxygen atoms in total.